The van der Waals surface area contributed by atoms with Crippen molar-refractivity contribution >= 4 is 34.1 Å². The Bertz CT molecular complexity index is 1600. The summed E-state index contributed by atoms with van der Waals surface area (Å²) in [5, 5.41) is 13.9. The first-order valence-electron chi connectivity index (χ1n) is 13.6. The smallest absolute Gasteiger partial charge is 0.375 e. The van der Waals surface area contributed by atoms with Crippen molar-refractivity contribution in [2.75, 3.05) is 43.4 Å². The second kappa shape index (κ2) is 10.1. The Kier molecular flexibility index (Phi) is 6.73. The maximum atomic E-state index is 13.8. The number of alkyl halides is 3. The lowest BCUT2D eigenvalue weighted by Gasteiger charge is -2.34. The van der Waals surface area contributed by atoms with E-state index < -0.39 is 35.6 Å². The molecule has 0 amide bonds. The van der Waals surface area contributed by atoms with Gasteiger partial charge in [0.05, 0.1) is 12.3 Å². The first kappa shape index (κ1) is 27.2. The molecule has 13 heteroatoms. The quantitative estimate of drug-likeness (QED) is 0.438. The molecule has 1 saturated heterocycles. The van der Waals surface area contributed by atoms with Crippen LogP contribution in [0.1, 0.15) is 25.4 Å². The number of nitrogens with one attached hydrogen (secondary N) is 1. The largest absolute Gasteiger partial charge is 0.422 e. The average molecular weight is 569 g/mol. The third-order valence-electron chi connectivity index (χ3n) is 8.06. The van der Waals surface area contributed by atoms with E-state index in [9.17, 15) is 23.1 Å². The van der Waals surface area contributed by atoms with E-state index in [4.69, 9.17) is 0 Å². The van der Waals surface area contributed by atoms with Crippen molar-refractivity contribution in [2.24, 2.45) is 4.99 Å². The van der Waals surface area contributed by atoms with Crippen LogP contribution in [0, 0.1) is 0 Å². The molecular weight excluding hydrogens is 537 g/mol. The molecule has 1 aliphatic carbocycles. The van der Waals surface area contributed by atoms with Gasteiger partial charge in [0.15, 0.2) is 5.65 Å². The van der Waals surface area contributed by atoms with Gasteiger partial charge in [0.1, 0.15) is 11.6 Å². The molecule has 41 heavy (non-hydrogen) atoms. The predicted octanol–water partition coefficient (Wildman–Crippen LogP) is 3.63. The minimum Gasteiger partial charge on any atom is -0.375 e. The van der Waals surface area contributed by atoms with Crippen LogP contribution in [0.25, 0.3) is 11.0 Å². The highest BCUT2D eigenvalue weighted by Crippen LogP contribution is 2.46. The number of dihydropyridines is 1. The Labute approximate surface area is 234 Å². The van der Waals surface area contributed by atoms with Crippen molar-refractivity contribution in [3.05, 3.63) is 65.1 Å². The Morgan fingerprint density at radius 2 is 1.93 bits per heavy atom. The molecule has 216 valence electrons. The molecule has 0 spiro atoms. The molecule has 6 rings (SSSR count). The molecule has 2 atom stereocenters. The van der Waals surface area contributed by atoms with Crippen molar-refractivity contribution < 1.29 is 18.3 Å². The van der Waals surface area contributed by atoms with Gasteiger partial charge in [-0.25, -0.2) is 14.3 Å². The van der Waals surface area contributed by atoms with Gasteiger partial charge in [0.2, 0.25) is 11.5 Å². The summed E-state index contributed by atoms with van der Waals surface area (Å²) >= 11 is 0. The van der Waals surface area contributed by atoms with Gasteiger partial charge in [-0.15, -0.1) is 6.58 Å². The summed E-state index contributed by atoms with van der Waals surface area (Å²) in [5.41, 5.74) is -1.36. The van der Waals surface area contributed by atoms with E-state index in [0.717, 1.165) is 37.6 Å². The SMILES string of the molecule is C=CCn1c(=O)c2cnc(Nc3ccc(N4CCN(C)CC4)cc3)nc2n1C1CC=C2CCC(O)(C(F)(F)F)C2=N1. The van der Waals surface area contributed by atoms with Crippen molar-refractivity contribution in [1.82, 2.24) is 24.2 Å². The first-order valence-corrected chi connectivity index (χ1v) is 13.6. The molecule has 3 aliphatic rings. The third kappa shape index (κ3) is 4.72. The van der Waals surface area contributed by atoms with E-state index in [1.54, 1.807) is 6.08 Å². The van der Waals surface area contributed by atoms with Crippen molar-refractivity contribution in [3.63, 3.8) is 0 Å². The molecule has 0 radical (unpaired) electrons. The number of anilines is 3. The Hall–Kier alpha value is -3.97. The molecule has 10 nitrogen and oxygen atoms in total. The number of likely N-dealkylation sites (N-methyl/N-ethyl adjacent to an activating group) is 1. The Morgan fingerprint density at radius 3 is 2.61 bits per heavy atom. The number of aliphatic hydroxyl groups is 1. The van der Waals surface area contributed by atoms with Crippen LogP contribution in [-0.2, 0) is 6.54 Å². The average Bonchev–Trinajstić information content (AvgIpc) is 3.44. The molecule has 1 saturated carbocycles. The lowest BCUT2D eigenvalue weighted by molar-refractivity contribution is -0.229. The van der Waals surface area contributed by atoms with Gasteiger partial charge < -0.3 is 20.2 Å². The number of aliphatic imine (C=N–C) groups is 1. The monoisotopic (exact) mass is 568 g/mol. The molecule has 3 aromatic rings. The Balaban J connectivity index is 1.34. The molecule has 2 aliphatic heterocycles. The number of aromatic nitrogens is 4. The topological polar surface area (TPSA) is 104 Å². The highest BCUT2D eigenvalue weighted by molar-refractivity contribution is 6.09. The summed E-state index contributed by atoms with van der Waals surface area (Å²) in [6, 6.07) is 7.89. The number of benzene rings is 1. The Morgan fingerprint density at radius 1 is 1.20 bits per heavy atom. The van der Waals surface area contributed by atoms with E-state index in [1.165, 1.54) is 21.6 Å². The van der Waals surface area contributed by atoms with Crippen LogP contribution in [0.5, 0.6) is 0 Å². The van der Waals surface area contributed by atoms with E-state index in [1.807, 2.05) is 24.3 Å². The third-order valence-corrected chi connectivity index (χ3v) is 8.06. The number of hydrogen-bond donors (Lipinski definition) is 2. The fourth-order valence-electron chi connectivity index (χ4n) is 5.74. The number of halogens is 3. The maximum Gasteiger partial charge on any atom is 0.422 e. The second-order valence-corrected chi connectivity index (χ2v) is 10.7. The first-order chi connectivity index (χ1) is 19.6. The normalized spacial score (nSPS) is 23.3. The van der Waals surface area contributed by atoms with E-state index in [2.05, 4.69) is 43.7 Å². The molecular formula is C28H31F3N8O2. The van der Waals surface area contributed by atoms with Crippen LogP contribution < -0.4 is 15.8 Å². The fourth-order valence-corrected chi connectivity index (χ4v) is 5.74. The van der Waals surface area contributed by atoms with Gasteiger partial charge in [-0.1, -0.05) is 12.2 Å². The summed E-state index contributed by atoms with van der Waals surface area (Å²) in [4.78, 5) is 31.2. The summed E-state index contributed by atoms with van der Waals surface area (Å²) < 4.78 is 44.4. The van der Waals surface area contributed by atoms with Gasteiger partial charge >= 0.3 is 6.18 Å². The highest BCUT2D eigenvalue weighted by Gasteiger charge is 2.61. The summed E-state index contributed by atoms with van der Waals surface area (Å²) in [5.74, 6) is 0.224. The van der Waals surface area contributed by atoms with Crippen LogP contribution in [0.15, 0.2) is 64.6 Å². The van der Waals surface area contributed by atoms with E-state index in [0.29, 0.717) is 5.57 Å². The summed E-state index contributed by atoms with van der Waals surface area (Å²) in [6.45, 7) is 7.71. The molecule has 4 heterocycles. The van der Waals surface area contributed by atoms with Crippen molar-refractivity contribution in [1.29, 1.82) is 0 Å². The fraction of sp³-hybridized carbons (Fsp3) is 0.429. The van der Waals surface area contributed by atoms with Gasteiger partial charge in [-0.2, -0.15) is 18.2 Å². The minimum absolute atomic E-state index is 0.0806. The molecule has 2 fully saturated rings. The molecule has 1 aromatic carbocycles. The minimum atomic E-state index is -4.87. The highest BCUT2D eigenvalue weighted by atomic mass is 19.4. The van der Waals surface area contributed by atoms with Gasteiger partial charge in [0.25, 0.3) is 5.56 Å². The second-order valence-electron chi connectivity index (χ2n) is 10.7. The number of piperazine rings is 1. The summed E-state index contributed by atoms with van der Waals surface area (Å²) in [6.07, 6.45) is -1.37. The molecule has 0 bridgehead atoms. The number of fused-ring (bicyclic) bond motifs is 2. The number of rotatable bonds is 6. The summed E-state index contributed by atoms with van der Waals surface area (Å²) in [7, 11) is 2.11. The number of allylic oxidation sites excluding steroid dienone is 1. The van der Waals surface area contributed by atoms with Gasteiger partial charge in [-0.3, -0.25) is 9.79 Å². The van der Waals surface area contributed by atoms with E-state index >= 15 is 0 Å². The maximum absolute atomic E-state index is 13.8. The number of nitrogens with zero attached hydrogens (tertiary/aromatic N) is 7. The van der Waals surface area contributed by atoms with E-state index in [-0.39, 0.29) is 36.4 Å². The molecule has 2 N–H and O–H groups in total. The standard InChI is InChI=1S/C28H31F3N8O2/c1-3-12-38-25(40)21-17-32-26(33-19-5-7-20(8-6-19)37-15-13-36(2)14-16-37)35-24(21)39(38)22-9-4-18-10-11-27(41,23(18)34-22)28(29,30)31/h3-8,17,22,41H,1,9-16H2,2H3,(H,32,33,35). The lowest BCUT2D eigenvalue weighted by Crippen LogP contribution is -2.49. The van der Waals surface area contributed by atoms with Crippen LogP contribution in [0.3, 0.4) is 0 Å². The lowest BCUT2D eigenvalue weighted by atomic mass is 9.96. The van der Waals surface area contributed by atoms with Crippen molar-refractivity contribution in [2.45, 2.75) is 43.8 Å². The zero-order valence-corrected chi connectivity index (χ0v) is 22.6. The number of hydrogen-bond acceptors (Lipinski definition) is 8. The van der Waals surface area contributed by atoms with Crippen LogP contribution >= 0.6 is 0 Å². The van der Waals surface area contributed by atoms with Crippen LogP contribution in [-0.4, -0.2) is 80.1 Å². The zero-order chi connectivity index (χ0) is 28.9. The van der Waals surface area contributed by atoms with Crippen LogP contribution in [0.4, 0.5) is 30.5 Å². The molecule has 2 unspecified atom stereocenters. The van der Waals surface area contributed by atoms with Gasteiger partial charge in [-0.05, 0) is 49.7 Å². The predicted molar refractivity (Wildman–Crippen MR) is 151 cm³/mol. The zero-order valence-electron chi connectivity index (χ0n) is 22.6. The van der Waals surface area contributed by atoms with Gasteiger partial charge in [0, 0.05) is 50.2 Å². The van der Waals surface area contributed by atoms with Crippen LogP contribution in [0.2, 0.25) is 0 Å². The molecule has 2 aromatic heterocycles. The van der Waals surface area contributed by atoms with Crippen molar-refractivity contribution in [3.8, 4) is 0 Å².